The second-order valence-electron chi connectivity index (χ2n) is 5.84. The second kappa shape index (κ2) is 7.26. The number of thioether (sulfide) groups is 1. The predicted molar refractivity (Wildman–Crippen MR) is 93.5 cm³/mol. The maximum Gasteiger partial charge on any atom is 0.251 e. The van der Waals surface area contributed by atoms with Crippen LogP contribution >= 0.6 is 23.1 Å². The van der Waals surface area contributed by atoms with Gasteiger partial charge in [0.2, 0.25) is 0 Å². The molecule has 6 heteroatoms. The first-order valence-corrected chi connectivity index (χ1v) is 8.91. The zero-order chi connectivity index (χ0) is 16.2. The Kier molecular flexibility index (Phi) is 5.61. The average molecular weight is 335 g/mol. The SMILES string of the molecule is Cc1nc(CSc2ccc(C(=O)NCC(C)(C)N)cc2)cs1. The summed E-state index contributed by atoms with van der Waals surface area (Å²) >= 11 is 3.38. The first-order chi connectivity index (χ1) is 10.3. The summed E-state index contributed by atoms with van der Waals surface area (Å²) in [5.41, 5.74) is 7.20. The van der Waals surface area contributed by atoms with E-state index in [-0.39, 0.29) is 5.91 Å². The standard InChI is InChI=1S/C16H21N3OS2/c1-11-19-13(8-21-11)9-22-14-6-4-12(5-7-14)15(20)18-10-16(2,3)17/h4-8H,9-10,17H2,1-3H3,(H,18,20). The molecule has 1 amide bonds. The number of aryl methyl sites for hydroxylation is 1. The van der Waals surface area contributed by atoms with Crippen molar-refractivity contribution in [2.24, 2.45) is 5.73 Å². The third-order valence-electron chi connectivity index (χ3n) is 2.87. The van der Waals surface area contributed by atoms with Crippen molar-refractivity contribution in [2.45, 2.75) is 37.0 Å². The number of nitrogens with zero attached hydrogens (tertiary/aromatic N) is 1. The molecule has 0 saturated heterocycles. The molecule has 2 rings (SSSR count). The van der Waals surface area contributed by atoms with Gasteiger partial charge in [0.05, 0.1) is 10.7 Å². The van der Waals surface area contributed by atoms with Gasteiger partial charge in [-0.05, 0) is 45.0 Å². The van der Waals surface area contributed by atoms with Crippen molar-refractivity contribution in [1.29, 1.82) is 0 Å². The van der Waals surface area contributed by atoms with Crippen LogP contribution in [0.4, 0.5) is 0 Å². The third-order valence-corrected chi connectivity index (χ3v) is 4.74. The number of carbonyl (C=O) groups is 1. The lowest BCUT2D eigenvalue weighted by atomic mass is 10.1. The second-order valence-corrected chi connectivity index (χ2v) is 7.95. The van der Waals surface area contributed by atoms with E-state index >= 15 is 0 Å². The number of nitrogens with one attached hydrogen (secondary N) is 1. The van der Waals surface area contributed by atoms with Gasteiger partial charge in [-0.1, -0.05) is 0 Å². The monoisotopic (exact) mass is 335 g/mol. The maximum atomic E-state index is 12.0. The highest BCUT2D eigenvalue weighted by molar-refractivity contribution is 7.98. The Labute approximate surface area is 139 Å². The first kappa shape index (κ1) is 17.0. The molecule has 4 nitrogen and oxygen atoms in total. The van der Waals surface area contributed by atoms with Gasteiger partial charge in [0, 0.05) is 33.7 Å². The lowest BCUT2D eigenvalue weighted by Crippen LogP contribution is -2.45. The third kappa shape index (κ3) is 5.44. The molecule has 3 N–H and O–H groups in total. The van der Waals surface area contributed by atoms with Crippen LogP contribution in [0.25, 0.3) is 0 Å². The minimum absolute atomic E-state index is 0.0924. The Balaban J connectivity index is 1.88. The number of aromatic nitrogens is 1. The van der Waals surface area contributed by atoms with E-state index in [1.807, 2.05) is 45.0 Å². The molecule has 0 aliphatic heterocycles. The van der Waals surface area contributed by atoms with Crippen LogP contribution in [0.2, 0.25) is 0 Å². The van der Waals surface area contributed by atoms with Crippen molar-refractivity contribution in [3.05, 3.63) is 45.9 Å². The maximum absolute atomic E-state index is 12.0. The van der Waals surface area contributed by atoms with Gasteiger partial charge >= 0.3 is 0 Å². The van der Waals surface area contributed by atoms with E-state index in [2.05, 4.69) is 15.7 Å². The highest BCUT2D eigenvalue weighted by atomic mass is 32.2. The summed E-state index contributed by atoms with van der Waals surface area (Å²) in [6.07, 6.45) is 0. The van der Waals surface area contributed by atoms with E-state index in [4.69, 9.17) is 5.73 Å². The molecule has 22 heavy (non-hydrogen) atoms. The van der Waals surface area contributed by atoms with Gasteiger partial charge < -0.3 is 11.1 Å². The molecule has 0 unspecified atom stereocenters. The van der Waals surface area contributed by atoms with E-state index < -0.39 is 5.54 Å². The van der Waals surface area contributed by atoms with Crippen LogP contribution in [0.15, 0.2) is 34.5 Å². The molecule has 1 aromatic carbocycles. The lowest BCUT2D eigenvalue weighted by Gasteiger charge is -2.18. The molecular formula is C16H21N3OS2. The minimum atomic E-state index is -0.406. The molecule has 1 heterocycles. The van der Waals surface area contributed by atoms with Crippen LogP contribution in [0.1, 0.15) is 34.9 Å². The number of nitrogens with two attached hydrogens (primary N) is 1. The van der Waals surface area contributed by atoms with E-state index in [0.717, 1.165) is 21.3 Å². The van der Waals surface area contributed by atoms with Gasteiger partial charge in [0.25, 0.3) is 5.91 Å². The van der Waals surface area contributed by atoms with Crippen LogP contribution in [-0.4, -0.2) is 23.0 Å². The van der Waals surface area contributed by atoms with Gasteiger partial charge in [-0.15, -0.1) is 23.1 Å². The van der Waals surface area contributed by atoms with E-state index in [0.29, 0.717) is 12.1 Å². The molecule has 118 valence electrons. The lowest BCUT2D eigenvalue weighted by molar-refractivity contribution is 0.0946. The summed E-state index contributed by atoms with van der Waals surface area (Å²) in [6, 6.07) is 7.61. The number of amides is 1. The van der Waals surface area contributed by atoms with Crippen molar-refractivity contribution in [1.82, 2.24) is 10.3 Å². The van der Waals surface area contributed by atoms with Crippen LogP contribution in [0.5, 0.6) is 0 Å². The summed E-state index contributed by atoms with van der Waals surface area (Å²) < 4.78 is 0. The van der Waals surface area contributed by atoms with Crippen LogP contribution in [0, 0.1) is 6.92 Å². The molecule has 1 aromatic heterocycles. The summed E-state index contributed by atoms with van der Waals surface area (Å²) in [7, 11) is 0. The minimum Gasteiger partial charge on any atom is -0.350 e. The first-order valence-electron chi connectivity index (χ1n) is 7.04. The fourth-order valence-corrected chi connectivity index (χ4v) is 3.25. The smallest absolute Gasteiger partial charge is 0.251 e. The number of carbonyl (C=O) groups excluding carboxylic acids is 1. The summed E-state index contributed by atoms with van der Waals surface area (Å²) in [4.78, 5) is 17.6. The largest absolute Gasteiger partial charge is 0.350 e. The molecule has 0 atom stereocenters. The Bertz CT molecular complexity index is 630. The molecule has 0 fully saturated rings. The normalized spacial score (nSPS) is 11.5. The number of hydrogen-bond acceptors (Lipinski definition) is 5. The van der Waals surface area contributed by atoms with Crippen molar-refractivity contribution < 1.29 is 4.79 Å². The molecule has 0 bridgehead atoms. The van der Waals surface area contributed by atoms with Crippen molar-refractivity contribution in [2.75, 3.05) is 6.54 Å². The quantitative estimate of drug-likeness (QED) is 0.796. The topological polar surface area (TPSA) is 68.0 Å². The van der Waals surface area contributed by atoms with Crippen LogP contribution in [-0.2, 0) is 5.75 Å². The van der Waals surface area contributed by atoms with Crippen LogP contribution < -0.4 is 11.1 Å². The Morgan fingerprint density at radius 1 is 1.36 bits per heavy atom. The Hall–Kier alpha value is -1.37. The van der Waals surface area contributed by atoms with E-state index in [1.54, 1.807) is 23.1 Å². The Morgan fingerprint density at radius 2 is 2.05 bits per heavy atom. The molecule has 0 aliphatic carbocycles. The van der Waals surface area contributed by atoms with Crippen molar-refractivity contribution >= 4 is 29.0 Å². The van der Waals surface area contributed by atoms with Gasteiger partial charge in [0.15, 0.2) is 0 Å². The molecule has 0 aliphatic rings. The van der Waals surface area contributed by atoms with Gasteiger partial charge in [-0.25, -0.2) is 4.98 Å². The predicted octanol–water partition coefficient (Wildman–Crippen LogP) is 3.21. The Morgan fingerprint density at radius 3 is 2.59 bits per heavy atom. The van der Waals surface area contributed by atoms with Gasteiger partial charge in [0.1, 0.15) is 0 Å². The van der Waals surface area contributed by atoms with Crippen molar-refractivity contribution in [3.63, 3.8) is 0 Å². The zero-order valence-electron chi connectivity index (χ0n) is 13.1. The van der Waals surface area contributed by atoms with E-state index in [9.17, 15) is 4.79 Å². The van der Waals surface area contributed by atoms with E-state index in [1.165, 1.54) is 0 Å². The zero-order valence-corrected chi connectivity index (χ0v) is 14.7. The van der Waals surface area contributed by atoms with Gasteiger partial charge in [-0.3, -0.25) is 4.79 Å². The van der Waals surface area contributed by atoms with Crippen LogP contribution in [0.3, 0.4) is 0 Å². The fraction of sp³-hybridized carbons (Fsp3) is 0.375. The molecule has 2 aromatic rings. The molecule has 0 radical (unpaired) electrons. The fourth-order valence-electron chi connectivity index (χ4n) is 1.74. The highest BCUT2D eigenvalue weighted by Crippen LogP contribution is 2.23. The number of hydrogen-bond donors (Lipinski definition) is 2. The summed E-state index contributed by atoms with van der Waals surface area (Å²) in [5.74, 6) is 0.752. The number of rotatable bonds is 6. The molecular weight excluding hydrogens is 314 g/mol. The molecule has 0 saturated carbocycles. The number of thiazole rings is 1. The molecule has 0 spiro atoms. The highest BCUT2D eigenvalue weighted by Gasteiger charge is 2.13. The summed E-state index contributed by atoms with van der Waals surface area (Å²) in [5, 5.41) is 6.01. The van der Waals surface area contributed by atoms with Gasteiger partial charge in [-0.2, -0.15) is 0 Å². The van der Waals surface area contributed by atoms with Crippen molar-refractivity contribution in [3.8, 4) is 0 Å². The average Bonchev–Trinajstić information content (AvgIpc) is 2.88. The number of benzene rings is 1. The summed E-state index contributed by atoms with van der Waals surface area (Å²) in [6.45, 7) is 6.22.